The highest BCUT2D eigenvalue weighted by Gasteiger charge is 2.33. The van der Waals surface area contributed by atoms with E-state index < -0.39 is 59.9 Å². The molecule has 9 N–H and O–H groups in total. The van der Waals surface area contributed by atoms with Crippen molar-refractivity contribution in [1.82, 2.24) is 35.9 Å². The van der Waals surface area contributed by atoms with Gasteiger partial charge in [-0.1, -0.05) is 13.8 Å². The summed E-state index contributed by atoms with van der Waals surface area (Å²) in [6, 6.07) is -4.86. The molecule has 0 aliphatic rings. The van der Waals surface area contributed by atoms with Crippen LogP contribution in [0.25, 0.3) is 0 Å². The van der Waals surface area contributed by atoms with Crippen molar-refractivity contribution in [1.29, 1.82) is 0 Å². The van der Waals surface area contributed by atoms with Crippen molar-refractivity contribution in [3.8, 4) is 0 Å². The summed E-state index contributed by atoms with van der Waals surface area (Å²) in [6.07, 6.45) is 4.54. The fourth-order valence-corrected chi connectivity index (χ4v) is 3.25. The number of nitrogens with zero attached hydrogens (tertiary/aromatic N) is 2. The number of carbonyl (C=O) groups excluding carboxylic acids is 3. The van der Waals surface area contributed by atoms with Crippen molar-refractivity contribution in [3.05, 3.63) is 36.4 Å². The van der Waals surface area contributed by atoms with Gasteiger partial charge in [0.05, 0.1) is 24.8 Å². The molecule has 0 aromatic carbocycles. The second-order valence-corrected chi connectivity index (χ2v) is 8.52. The number of nitrogens with two attached hydrogens (primary N) is 1. The Balaban J connectivity index is 2.13. The maximum atomic E-state index is 13.0. The molecule has 0 saturated heterocycles. The number of nitrogens with one attached hydrogen (secondary N) is 5. The van der Waals surface area contributed by atoms with Crippen LogP contribution in [0.15, 0.2) is 25.0 Å². The Bertz CT molecular complexity index is 976. The number of carbonyl (C=O) groups is 4. The molecule has 2 rings (SSSR count). The van der Waals surface area contributed by atoms with Crippen molar-refractivity contribution in [2.24, 2.45) is 11.7 Å². The Hall–Kier alpha value is -3.78. The maximum absolute atomic E-state index is 13.0. The van der Waals surface area contributed by atoms with Crippen LogP contribution in [0.3, 0.4) is 0 Å². The molecule has 0 saturated carbocycles. The Morgan fingerprint density at radius 1 is 0.886 bits per heavy atom. The first-order chi connectivity index (χ1) is 16.5. The van der Waals surface area contributed by atoms with Crippen molar-refractivity contribution >= 4 is 23.7 Å². The maximum Gasteiger partial charge on any atom is 0.326 e. The van der Waals surface area contributed by atoms with Gasteiger partial charge in [0, 0.05) is 36.6 Å². The zero-order valence-corrected chi connectivity index (χ0v) is 19.7. The van der Waals surface area contributed by atoms with Gasteiger partial charge in [0.1, 0.15) is 18.1 Å². The molecule has 3 amide bonds. The summed E-state index contributed by atoms with van der Waals surface area (Å²) in [5, 5.41) is 26.8. The molecule has 5 unspecified atom stereocenters. The van der Waals surface area contributed by atoms with Crippen LogP contribution in [-0.2, 0) is 32.0 Å². The van der Waals surface area contributed by atoms with E-state index in [-0.39, 0.29) is 12.8 Å². The minimum Gasteiger partial charge on any atom is -0.480 e. The first-order valence-electron chi connectivity index (χ1n) is 11.0. The number of aromatic nitrogens is 4. The third kappa shape index (κ3) is 8.19. The quantitative estimate of drug-likeness (QED) is 0.152. The van der Waals surface area contributed by atoms with E-state index in [0.29, 0.717) is 11.4 Å². The third-order valence-corrected chi connectivity index (χ3v) is 5.24. The van der Waals surface area contributed by atoms with E-state index in [1.54, 1.807) is 13.8 Å². The lowest BCUT2D eigenvalue weighted by Crippen LogP contribution is -2.60. The fourth-order valence-electron chi connectivity index (χ4n) is 3.25. The minimum absolute atomic E-state index is 0.0399. The largest absolute Gasteiger partial charge is 0.480 e. The van der Waals surface area contributed by atoms with Crippen LogP contribution < -0.4 is 21.7 Å². The summed E-state index contributed by atoms with van der Waals surface area (Å²) in [6.45, 7) is 4.56. The molecule has 0 bridgehead atoms. The van der Waals surface area contributed by atoms with E-state index in [9.17, 15) is 29.4 Å². The number of hydrogen-bond donors (Lipinski definition) is 8. The van der Waals surface area contributed by atoms with E-state index in [2.05, 4.69) is 35.9 Å². The summed E-state index contributed by atoms with van der Waals surface area (Å²) < 4.78 is 0. The van der Waals surface area contributed by atoms with E-state index in [0.717, 1.165) is 0 Å². The number of imidazole rings is 2. The number of aromatic amines is 2. The van der Waals surface area contributed by atoms with Crippen LogP contribution in [0, 0.1) is 5.92 Å². The summed E-state index contributed by atoms with van der Waals surface area (Å²) in [5.74, 6) is -3.93. The second kappa shape index (κ2) is 12.6. The number of aliphatic carboxylic acids is 1. The number of rotatable bonds is 13. The molecule has 0 aliphatic heterocycles. The summed E-state index contributed by atoms with van der Waals surface area (Å²) in [5.41, 5.74) is 7.02. The van der Waals surface area contributed by atoms with Crippen molar-refractivity contribution in [2.75, 3.05) is 0 Å². The molecular formula is C21H32N8O6. The average Bonchev–Trinajstić information content (AvgIpc) is 3.48. The number of carboxylic acid groups (broad SMARTS) is 1. The number of carboxylic acids is 1. The minimum atomic E-state index is -1.42. The highest BCUT2D eigenvalue weighted by Crippen LogP contribution is 2.06. The van der Waals surface area contributed by atoms with E-state index in [1.165, 1.54) is 32.0 Å². The fraction of sp³-hybridized carbons (Fsp3) is 0.524. The molecule has 0 fully saturated rings. The number of aliphatic hydroxyl groups excluding tert-OH is 1. The predicted octanol–water partition coefficient (Wildman–Crippen LogP) is -2.18. The van der Waals surface area contributed by atoms with Gasteiger partial charge in [0.2, 0.25) is 17.7 Å². The number of amides is 3. The molecule has 0 spiro atoms. The smallest absolute Gasteiger partial charge is 0.326 e. The SMILES string of the molecule is CC(C)C(NC(=O)C(Cc1cnc[nH]1)NC(=O)C(NC(=O)C(N)Cc1cnc[nH]1)C(C)O)C(=O)O. The summed E-state index contributed by atoms with van der Waals surface area (Å²) in [4.78, 5) is 63.3. The Kier molecular flexibility index (Phi) is 9.90. The monoisotopic (exact) mass is 492 g/mol. The van der Waals surface area contributed by atoms with Crippen LogP contribution in [0.4, 0.5) is 0 Å². The van der Waals surface area contributed by atoms with Gasteiger partial charge in [-0.05, 0) is 12.8 Å². The molecular weight excluding hydrogens is 460 g/mol. The first kappa shape index (κ1) is 27.5. The lowest BCUT2D eigenvalue weighted by Gasteiger charge is -2.27. The molecule has 2 aromatic heterocycles. The van der Waals surface area contributed by atoms with Gasteiger partial charge in [-0.25, -0.2) is 14.8 Å². The van der Waals surface area contributed by atoms with Crippen molar-refractivity contribution < 1.29 is 29.4 Å². The van der Waals surface area contributed by atoms with Crippen molar-refractivity contribution in [2.45, 2.75) is 63.9 Å². The average molecular weight is 493 g/mol. The molecule has 14 nitrogen and oxygen atoms in total. The highest BCUT2D eigenvalue weighted by molar-refractivity contribution is 5.94. The topological polar surface area (TPSA) is 228 Å². The molecule has 5 atom stereocenters. The molecule has 2 heterocycles. The molecule has 0 radical (unpaired) electrons. The Labute approximate surface area is 201 Å². The summed E-state index contributed by atoms with van der Waals surface area (Å²) >= 11 is 0. The standard InChI is InChI=1S/C21H32N8O6/c1-10(2)16(21(34)35)28-19(32)15(5-13-7-24-9-26-13)27-20(33)17(11(3)30)29-18(31)14(22)4-12-6-23-8-25-12/h6-11,14-17,30H,4-5,22H2,1-3H3,(H,23,25)(H,24,26)(H,27,33)(H,28,32)(H,29,31)(H,34,35). The molecule has 14 heteroatoms. The molecule has 0 aliphatic carbocycles. The zero-order valence-electron chi connectivity index (χ0n) is 19.7. The summed E-state index contributed by atoms with van der Waals surface area (Å²) in [7, 11) is 0. The van der Waals surface area contributed by atoms with Gasteiger partial charge in [-0.2, -0.15) is 0 Å². The molecule has 2 aromatic rings. The van der Waals surface area contributed by atoms with Gasteiger partial charge >= 0.3 is 5.97 Å². The number of H-pyrrole nitrogens is 2. The number of hydrogen-bond acceptors (Lipinski definition) is 8. The van der Waals surface area contributed by atoms with Crippen LogP contribution in [0.5, 0.6) is 0 Å². The molecule has 35 heavy (non-hydrogen) atoms. The van der Waals surface area contributed by atoms with E-state index in [1.807, 2.05) is 0 Å². The van der Waals surface area contributed by atoms with Gasteiger partial charge in [-0.3, -0.25) is 14.4 Å². The number of aliphatic hydroxyl groups is 1. The van der Waals surface area contributed by atoms with Crippen LogP contribution >= 0.6 is 0 Å². The lowest BCUT2D eigenvalue weighted by molar-refractivity contribution is -0.143. The lowest BCUT2D eigenvalue weighted by atomic mass is 10.0. The van der Waals surface area contributed by atoms with E-state index in [4.69, 9.17) is 5.73 Å². The Morgan fingerprint density at radius 3 is 1.89 bits per heavy atom. The van der Waals surface area contributed by atoms with Gasteiger partial charge < -0.3 is 41.9 Å². The third-order valence-electron chi connectivity index (χ3n) is 5.24. The first-order valence-corrected chi connectivity index (χ1v) is 11.0. The van der Waals surface area contributed by atoms with Crippen LogP contribution in [-0.4, -0.2) is 84.1 Å². The highest BCUT2D eigenvalue weighted by atomic mass is 16.4. The van der Waals surface area contributed by atoms with Gasteiger partial charge in [-0.15, -0.1) is 0 Å². The zero-order chi connectivity index (χ0) is 26.1. The molecule has 192 valence electrons. The second-order valence-electron chi connectivity index (χ2n) is 8.52. The Morgan fingerprint density at radius 2 is 1.43 bits per heavy atom. The van der Waals surface area contributed by atoms with Gasteiger partial charge in [0.25, 0.3) is 0 Å². The van der Waals surface area contributed by atoms with E-state index >= 15 is 0 Å². The van der Waals surface area contributed by atoms with Crippen LogP contribution in [0.1, 0.15) is 32.2 Å². The predicted molar refractivity (Wildman–Crippen MR) is 123 cm³/mol. The van der Waals surface area contributed by atoms with Crippen molar-refractivity contribution in [3.63, 3.8) is 0 Å². The van der Waals surface area contributed by atoms with Crippen LogP contribution in [0.2, 0.25) is 0 Å². The normalized spacial score (nSPS) is 15.5. The van der Waals surface area contributed by atoms with Gasteiger partial charge in [0.15, 0.2) is 0 Å².